The lowest BCUT2D eigenvalue weighted by atomic mass is 10.0. The third-order valence-electron chi connectivity index (χ3n) is 2.27. The van der Waals surface area contributed by atoms with Gasteiger partial charge in [0, 0.05) is 0 Å². The molecule has 1 saturated carbocycles. The van der Waals surface area contributed by atoms with Gasteiger partial charge in [0.05, 0.1) is 6.10 Å². The van der Waals surface area contributed by atoms with E-state index >= 15 is 0 Å². The lowest BCUT2D eigenvalue weighted by Gasteiger charge is -2.10. The maximum Gasteiger partial charge on any atom is 0.0726 e. The first kappa shape index (κ1) is 7.80. The van der Waals surface area contributed by atoms with Crippen LogP contribution in [-0.2, 0) is 0 Å². The van der Waals surface area contributed by atoms with Gasteiger partial charge in [-0.2, -0.15) is 0 Å². The number of hydrogen-bond acceptors (Lipinski definition) is 1. The predicted molar refractivity (Wildman–Crippen MR) is 41.5 cm³/mol. The maximum atomic E-state index is 9.14. The summed E-state index contributed by atoms with van der Waals surface area (Å²) < 4.78 is 0. The Morgan fingerprint density at radius 2 is 2.10 bits per heavy atom. The molecule has 0 amide bonds. The molecular formula is C9H15O. The topological polar surface area (TPSA) is 20.2 Å². The van der Waals surface area contributed by atoms with Crippen molar-refractivity contribution in [1.29, 1.82) is 0 Å². The highest BCUT2D eigenvalue weighted by atomic mass is 16.3. The molecule has 1 heteroatoms. The van der Waals surface area contributed by atoms with E-state index in [4.69, 9.17) is 11.7 Å². The van der Waals surface area contributed by atoms with Gasteiger partial charge in [-0.05, 0) is 12.3 Å². The van der Waals surface area contributed by atoms with E-state index in [9.17, 15) is 0 Å². The maximum absolute atomic E-state index is 9.14. The predicted octanol–water partition coefficient (Wildman–Crippen LogP) is 1.92. The molecule has 0 aromatic rings. The average molecular weight is 139 g/mol. The Bertz CT molecular complexity index is 103. The highest BCUT2D eigenvalue weighted by Crippen LogP contribution is 2.28. The first-order valence-electron chi connectivity index (χ1n) is 4.06. The molecule has 1 nitrogen and oxygen atoms in total. The van der Waals surface area contributed by atoms with Gasteiger partial charge in [-0.15, -0.1) is 0 Å². The average Bonchev–Trinajstić information content (AvgIpc) is 2.40. The van der Waals surface area contributed by atoms with Gasteiger partial charge in [-0.1, -0.05) is 38.3 Å². The van der Waals surface area contributed by atoms with Crippen LogP contribution in [0.1, 0.15) is 32.1 Å². The fraction of sp³-hybridized carbons (Fsp3) is 0.778. The van der Waals surface area contributed by atoms with Gasteiger partial charge in [-0.25, -0.2) is 0 Å². The van der Waals surface area contributed by atoms with Gasteiger partial charge in [0.25, 0.3) is 0 Å². The highest BCUT2D eigenvalue weighted by molar-refractivity contribution is 4.80. The van der Waals surface area contributed by atoms with Crippen molar-refractivity contribution in [1.82, 2.24) is 0 Å². The molecule has 1 atom stereocenters. The molecule has 1 N–H and O–H groups in total. The van der Waals surface area contributed by atoms with Crippen molar-refractivity contribution < 1.29 is 5.11 Å². The quantitative estimate of drug-likeness (QED) is 0.633. The molecule has 0 unspecified atom stereocenters. The molecule has 0 aromatic carbocycles. The molecule has 0 aromatic heterocycles. The van der Waals surface area contributed by atoms with Crippen LogP contribution in [0.2, 0.25) is 0 Å². The fourth-order valence-corrected chi connectivity index (χ4v) is 1.67. The summed E-state index contributed by atoms with van der Waals surface area (Å²) in [7, 11) is 0. The minimum Gasteiger partial charge on any atom is -0.389 e. The van der Waals surface area contributed by atoms with E-state index < -0.39 is 0 Å². The summed E-state index contributed by atoms with van der Waals surface area (Å²) in [6, 6.07) is 0. The molecule has 1 rings (SSSR count). The van der Waals surface area contributed by atoms with Crippen LogP contribution in [0.4, 0.5) is 0 Å². The molecule has 1 aliphatic rings. The van der Waals surface area contributed by atoms with Crippen LogP contribution >= 0.6 is 0 Å². The second kappa shape index (κ2) is 3.77. The van der Waals surface area contributed by atoms with Crippen LogP contribution in [0.5, 0.6) is 0 Å². The molecule has 1 radical (unpaired) electrons. The van der Waals surface area contributed by atoms with E-state index in [0.717, 1.165) is 12.3 Å². The molecule has 10 heavy (non-hydrogen) atoms. The SMILES string of the molecule is [CH]=C[C@@H](O)CC1CCCC1. The number of hydrogen-bond donors (Lipinski definition) is 1. The zero-order valence-electron chi connectivity index (χ0n) is 6.29. The van der Waals surface area contributed by atoms with Crippen LogP contribution in [0, 0.1) is 12.5 Å². The molecule has 0 spiro atoms. The molecule has 57 valence electrons. The van der Waals surface area contributed by atoms with Crippen LogP contribution in [0.15, 0.2) is 6.08 Å². The molecule has 0 bridgehead atoms. The molecule has 0 heterocycles. The lowest BCUT2D eigenvalue weighted by Crippen LogP contribution is -2.07. The van der Waals surface area contributed by atoms with Gasteiger partial charge >= 0.3 is 0 Å². The first-order chi connectivity index (χ1) is 4.83. The molecule has 1 aliphatic carbocycles. The zero-order chi connectivity index (χ0) is 7.40. The van der Waals surface area contributed by atoms with Gasteiger partial charge in [0.15, 0.2) is 0 Å². The van der Waals surface area contributed by atoms with Gasteiger partial charge in [0.2, 0.25) is 0 Å². The smallest absolute Gasteiger partial charge is 0.0726 e. The molecule has 1 fully saturated rings. The summed E-state index contributed by atoms with van der Waals surface area (Å²) in [6.45, 7) is 5.18. The number of aliphatic hydroxyl groups excluding tert-OH is 1. The second-order valence-corrected chi connectivity index (χ2v) is 3.15. The standard InChI is InChI=1S/C9H15O/c1-2-9(10)7-8-5-3-4-6-8/h1-2,8-10H,3-7H2/t9-/m1/s1. The van der Waals surface area contributed by atoms with Crippen LogP contribution in [0.3, 0.4) is 0 Å². The highest BCUT2D eigenvalue weighted by Gasteiger charge is 2.16. The largest absolute Gasteiger partial charge is 0.389 e. The number of aliphatic hydroxyl groups is 1. The second-order valence-electron chi connectivity index (χ2n) is 3.15. The molecule has 0 saturated heterocycles. The van der Waals surface area contributed by atoms with Gasteiger partial charge in [0.1, 0.15) is 0 Å². The lowest BCUT2D eigenvalue weighted by molar-refractivity contribution is 0.188. The minimum atomic E-state index is -0.372. The Morgan fingerprint density at radius 3 is 2.60 bits per heavy atom. The Kier molecular flexibility index (Phi) is 2.94. The zero-order valence-corrected chi connectivity index (χ0v) is 6.29. The normalized spacial score (nSPS) is 22.9. The Balaban J connectivity index is 2.17. The Hall–Kier alpha value is -0.300. The van der Waals surface area contributed by atoms with Crippen molar-refractivity contribution in [3.8, 4) is 0 Å². The third kappa shape index (κ3) is 2.14. The van der Waals surface area contributed by atoms with Crippen molar-refractivity contribution in [3.63, 3.8) is 0 Å². The van der Waals surface area contributed by atoms with Crippen molar-refractivity contribution >= 4 is 0 Å². The molecule has 0 aliphatic heterocycles. The summed E-state index contributed by atoms with van der Waals surface area (Å²) in [5.74, 6) is 0.731. The van der Waals surface area contributed by atoms with Gasteiger partial charge in [-0.3, -0.25) is 0 Å². The van der Waals surface area contributed by atoms with E-state index in [1.165, 1.54) is 31.8 Å². The Morgan fingerprint density at radius 1 is 1.50 bits per heavy atom. The fourth-order valence-electron chi connectivity index (χ4n) is 1.67. The van der Waals surface area contributed by atoms with E-state index in [1.54, 1.807) is 0 Å². The van der Waals surface area contributed by atoms with Crippen molar-refractivity contribution in [2.75, 3.05) is 0 Å². The van der Waals surface area contributed by atoms with Gasteiger partial charge < -0.3 is 5.11 Å². The van der Waals surface area contributed by atoms with E-state index in [2.05, 4.69) is 0 Å². The third-order valence-corrected chi connectivity index (χ3v) is 2.27. The Labute approximate surface area is 62.8 Å². The molecular weight excluding hydrogens is 124 g/mol. The van der Waals surface area contributed by atoms with Crippen molar-refractivity contribution in [3.05, 3.63) is 12.7 Å². The number of rotatable bonds is 3. The summed E-state index contributed by atoms with van der Waals surface area (Å²) in [4.78, 5) is 0. The summed E-state index contributed by atoms with van der Waals surface area (Å²) >= 11 is 0. The van der Waals surface area contributed by atoms with Crippen molar-refractivity contribution in [2.45, 2.75) is 38.2 Å². The summed E-state index contributed by atoms with van der Waals surface area (Å²) in [5, 5.41) is 9.14. The van der Waals surface area contributed by atoms with E-state index in [-0.39, 0.29) is 6.10 Å². The van der Waals surface area contributed by atoms with Crippen LogP contribution in [0.25, 0.3) is 0 Å². The van der Waals surface area contributed by atoms with Crippen LogP contribution < -0.4 is 0 Å². The minimum absolute atomic E-state index is 0.372. The van der Waals surface area contributed by atoms with Crippen molar-refractivity contribution in [2.24, 2.45) is 5.92 Å². The summed E-state index contributed by atoms with van der Waals surface area (Å²) in [5.41, 5.74) is 0. The van der Waals surface area contributed by atoms with Crippen LogP contribution in [-0.4, -0.2) is 11.2 Å². The first-order valence-corrected chi connectivity index (χ1v) is 4.06. The van der Waals surface area contributed by atoms with E-state index in [1.807, 2.05) is 0 Å². The monoisotopic (exact) mass is 139 g/mol. The summed E-state index contributed by atoms with van der Waals surface area (Å²) in [6.07, 6.45) is 7.12. The van der Waals surface area contributed by atoms with E-state index in [0.29, 0.717) is 0 Å².